The van der Waals surface area contributed by atoms with Gasteiger partial charge < -0.3 is 9.68 Å². The number of carbonyl (C=O) groups is 1. The van der Waals surface area contributed by atoms with Gasteiger partial charge in [0.15, 0.2) is 6.29 Å². The highest BCUT2D eigenvalue weighted by molar-refractivity contribution is 6.61. The van der Waals surface area contributed by atoms with Crippen LogP contribution in [0.15, 0.2) is 12.1 Å². The molecule has 0 saturated carbocycles. The van der Waals surface area contributed by atoms with Crippen LogP contribution in [0.5, 0.6) is 0 Å². The summed E-state index contributed by atoms with van der Waals surface area (Å²) >= 11 is 0. The third kappa shape index (κ3) is 1.13. The summed E-state index contributed by atoms with van der Waals surface area (Å²) in [5, 5.41) is 18.1. The van der Waals surface area contributed by atoms with Gasteiger partial charge >= 0.3 is 7.12 Å². The van der Waals surface area contributed by atoms with Crippen LogP contribution in [-0.2, 0) is 11.3 Å². The normalized spacial score (nSPS) is 13.6. The van der Waals surface area contributed by atoms with Crippen LogP contribution in [0.25, 0.3) is 0 Å². The quantitative estimate of drug-likeness (QED) is 0.479. The summed E-state index contributed by atoms with van der Waals surface area (Å²) < 4.78 is 4.95. The van der Waals surface area contributed by atoms with E-state index in [2.05, 4.69) is 0 Å². The van der Waals surface area contributed by atoms with E-state index >= 15 is 0 Å². The molecule has 0 aromatic heterocycles. The van der Waals surface area contributed by atoms with Crippen LogP contribution in [0.4, 0.5) is 0 Å². The molecule has 1 aromatic rings. The second-order valence-electron chi connectivity index (χ2n) is 2.99. The van der Waals surface area contributed by atoms with Gasteiger partial charge in [0.2, 0.25) is 0 Å². The fourth-order valence-electron chi connectivity index (χ4n) is 1.56. The van der Waals surface area contributed by atoms with E-state index in [-0.39, 0.29) is 6.61 Å². The minimum absolute atomic E-state index is 0.181. The van der Waals surface area contributed by atoms with E-state index in [9.17, 15) is 9.82 Å². The van der Waals surface area contributed by atoms with Crippen molar-refractivity contribution in [3.63, 3.8) is 0 Å². The van der Waals surface area contributed by atoms with E-state index in [4.69, 9.17) is 9.92 Å². The Kier molecular flexibility index (Phi) is 2.08. The lowest BCUT2D eigenvalue weighted by Gasteiger charge is -2.02. The Labute approximate surface area is 80.9 Å². The first-order valence-electron chi connectivity index (χ1n) is 4.08. The summed E-state index contributed by atoms with van der Waals surface area (Å²) in [6.07, 6.45) is 0.624. The van der Waals surface area contributed by atoms with Gasteiger partial charge in [0.05, 0.1) is 18.2 Å². The Morgan fingerprint density at radius 2 is 2.43 bits per heavy atom. The van der Waals surface area contributed by atoms with Gasteiger partial charge in [-0.2, -0.15) is 5.26 Å². The van der Waals surface area contributed by atoms with Crippen molar-refractivity contribution >= 4 is 18.9 Å². The van der Waals surface area contributed by atoms with Gasteiger partial charge in [0.1, 0.15) is 0 Å². The number of hydrogen-bond acceptors (Lipinski definition) is 4. The Balaban J connectivity index is 2.67. The fourth-order valence-corrected chi connectivity index (χ4v) is 1.56. The van der Waals surface area contributed by atoms with Crippen molar-refractivity contribution in [1.82, 2.24) is 0 Å². The highest BCUT2D eigenvalue weighted by Crippen LogP contribution is 2.16. The Morgan fingerprint density at radius 1 is 1.64 bits per heavy atom. The van der Waals surface area contributed by atoms with E-state index < -0.39 is 7.12 Å². The maximum atomic E-state index is 10.8. The Morgan fingerprint density at radius 3 is 3.07 bits per heavy atom. The summed E-state index contributed by atoms with van der Waals surface area (Å²) in [5.74, 6) is 0. The maximum Gasteiger partial charge on any atom is 0.491 e. The summed E-state index contributed by atoms with van der Waals surface area (Å²) in [4.78, 5) is 10.8. The molecule has 14 heavy (non-hydrogen) atoms. The molecule has 1 aliphatic heterocycles. The molecule has 2 rings (SSSR count). The van der Waals surface area contributed by atoms with Crippen molar-refractivity contribution < 1.29 is 14.5 Å². The predicted molar refractivity (Wildman–Crippen MR) is 48.9 cm³/mol. The number of fused-ring (bicyclic) bond motifs is 1. The number of aldehydes is 1. The highest BCUT2D eigenvalue weighted by atomic mass is 16.5. The lowest BCUT2D eigenvalue weighted by atomic mass is 9.78. The second kappa shape index (κ2) is 3.26. The van der Waals surface area contributed by atoms with E-state index in [0.717, 1.165) is 0 Å². The second-order valence-corrected chi connectivity index (χ2v) is 2.99. The van der Waals surface area contributed by atoms with E-state index in [0.29, 0.717) is 28.4 Å². The van der Waals surface area contributed by atoms with Crippen LogP contribution in [0.1, 0.15) is 21.5 Å². The number of carbonyl (C=O) groups excluding carboxylic acids is 1. The lowest BCUT2D eigenvalue weighted by molar-refractivity contribution is 0.112. The Bertz CT molecular complexity index is 438. The number of nitrogens with zero attached hydrogens (tertiary/aromatic N) is 1. The third-order valence-corrected chi connectivity index (χ3v) is 2.28. The monoisotopic (exact) mass is 187 g/mol. The van der Waals surface area contributed by atoms with Gasteiger partial charge in [-0.15, -0.1) is 0 Å². The van der Waals surface area contributed by atoms with Crippen molar-refractivity contribution in [2.24, 2.45) is 0 Å². The molecule has 0 spiro atoms. The van der Waals surface area contributed by atoms with Crippen molar-refractivity contribution in [2.75, 3.05) is 0 Å². The van der Waals surface area contributed by atoms with Gasteiger partial charge in [-0.3, -0.25) is 4.79 Å². The smallest absolute Gasteiger partial charge is 0.423 e. The van der Waals surface area contributed by atoms with Crippen molar-refractivity contribution in [2.45, 2.75) is 6.61 Å². The molecule has 0 unspecified atom stereocenters. The molecule has 4 nitrogen and oxygen atoms in total. The summed E-state index contributed by atoms with van der Waals surface area (Å²) in [7, 11) is -0.976. The minimum Gasteiger partial charge on any atom is -0.423 e. The first-order valence-corrected chi connectivity index (χ1v) is 4.08. The van der Waals surface area contributed by atoms with Crippen LogP contribution in [0, 0.1) is 11.3 Å². The van der Waals surface area contributed by atoms with Gasteiger partial charge in [0, 0.05) is 5.56 Å². The number of hydrogen-bond donors (Lipinski definition) is 1. The minimum atomic E-state index is -0.976. The van der Waals surface area contributed by atoms with Gasteiger partial charge in [0.25, 0.3) is 0 Å². The largest absolute Gasteiger partial charge is 0.491 e. The van der Waals surface area contributed by atoms with E-state index in [1.165, 1.54) is 6.07 Å². The van der Waals surface area contributed by atoms with Gasteiger partial charge in [-0.05, 0) is 17.1 Å². The van der Waals surface area contributed by atoms with Crippen LogP contribution in [0.2, 0.25) is 0 Å². The number of rotatable bonds is 1. The molecule has 0 saturated heterocycles. The molecule has 1 heterocycles. The summed E-state index contributed by atoms with van der Waals surface area (Å²) in [6, 6.07) is 5.05. The molecule has 0 amide bonds. The average Bonchev–Trinajstić information content (AvgIpc) is 2.59. The SMILES string of the molecule is N#Cc1ccc2c(c1C=O)COB2O. The third-order valence-electron chi connectivity index (χ3n) is 2.28. The van der Waals surface area contributed by atoms with Gasteiger partial charge in [-0.25, -0.2) is 0 Å². The van der Waals surface area contributed by atoms with Crippen LogP contribution in [-0.4, -0.2) is 18.4 Å². The summed E-state index contributed by atoms with van der Waals surface area (Å²) in [6.45, 7) is 0.181. The maximum absolute atomic E-state index is 10.8. The summed E-state index contributed by atoms with van der Waals surface area (Å²) in [5.41, 5.74) is 1.83. The average molecular weight is 187 g/mol. The molecule has 0 radical (unpaired) electrons. The Hall–Kier alpha value is -1.64. The molecule has 1 aromatic carbocycles. The molecule has 0 fully saturated rings. The van der Waals surface area contributed by atoms with Gasteiger partial charge in [-0.1, -0.05) is 6.07 Å². The van der Waals surface area contributed by atoms with Crippen molar-refractivity contribution in [3.05, 3.63) is 28.8 Å². The first kappa shape index (κ1) is 8.94. The molecule has 5 heteroatoms. The fraction of sp³-hybridized carbons (Fsp3) is 0.111. The highest BCUT2D eigenvalue weighted by Gasteiger charge is 2.29. The van der Waals surface area contributed by atoms with Crippen molar-refractivity contribution in [1.29, 1.82) is 5.26 Å². The molecule has 68 valence electrons. The molecule has 0 atom stereocenters. The van der Waals surface area contributed by atoms with E-state index in [1.807, 2.05) is 6.07 Å². The molecule has 0 bridgehead atoms. The predicted octanol–water partition coefficient (Wildman–Crippen LogP) is -0.412. The number of nitriles is 1. The standard InChI is InChI=1S/C9H6BNO3/c11-3-6-1-2-9-8(7(6)4-12)5-14-10(9)13/h1-2,4,13H,5H2. The zero-order chi connectivity index (χ0) is 10.1. The first-order chi connectivity index (χ1) is 6.77. The number of benzene rings is 1. The molecule has 1 aliphatic rings. The molecular weight excluding hydrogens is 181 g/mol. The topological polar surface area (TPSA) is 70.3 Å². The zero-order valence-electron chi connectivity index (χ0n) is 7.23. The lowest BCUT2D eigenvalue weighted by Crippen LogP contribution is -2.28. The van der Waals surface area contributed by atoms with Crippen LogP contribution >= 0.6 is 0 Å². The van der Waals surface area contributed by atoms with Crippen molar-refractivity contribution in [3.8, 4) is 6.07 Å². The molecule has 0 aliphatic carbocycles. The van der Waals surface area contributed by atoms with Crippen LogP contribution in [0.3, 0.4) is 0 Å². The molecular formula is C9H6BNO3. The van der Waals surface area contributed by atoms with Crippen LogP contribution < -0.4 is 5.46 Å². The zero-order valence-corrected chi connectivity index (χ0v) is 7.23. The molecule has 1 N–H and O–H groups in total. The van der Waals surface area contributed by atoms with E-state index in [1.54, 1.807) is 6.07 Å².